The Morgan fingerprint density at radius 2 is 1.67 bits per heavy atom. The molecule has 0 aliphatic heterocycles. The normalized spacial score (nSPS) is 13.0. The van der Waals surface area contributed by atoms with Gasteiger partial charge in [0.15, 0.2) is 0 Å². The largest absolute Gasteiger partial charge is 0.335 e. The highest BCUT2D eigenvalue weighted by molar-refractivity contribution is 5.89. The van der Waals surface area contributed by atoms with Gasteiger partial charge < -0.3 is 15.5 Å². The Morgan fingerprint density at radius 1 is 0.963 bits per heavy atom. The fraction of sp³-hybridized carbons (Fsp3) is 0.182. The molecule has 1 aliphatic rings. The van der Waals surface area contributed by atoms with Gasteiger partial charge in [0.05, 0.1) is 11.9 Å². The van der Waals surface area contributed by atoms with E-state index in [0.717, 1.165) is 24.3 Å². The fourth-order valence-corrected chi connectivity index (χ4v) is 2.88. The second-order valence-electron chi connectivity index (χ2n) is 6.69. The van der Waals surface area contributed by atoms with E-state index in [9.17, 15) is 4.79 Å². The van der Waals surface area contributed by atoms with Gasteiger partial charge in [0, 0.05) is 18.3 Å². The van der Waals surface area contributed by atoms with Gasteiger partial charge in [-0.15, -0.1) is 0 Å². The molecule has 136 valence electrons. The van der Waals surface area contributed by atoms with Crippen LogP contribution in [0.25, 0.3) is 0 Å². The van der Waals surface area contributed by atoms with Crippen LogP contribution < -0.4 is 15.5 Å². The van der Waals surface area contributed by atoms with Gasteiger partial charge in [0.25, 0.3) is 0 Å². The van der Waals surface area contributed by atoms with Gasteiger partial charge >= 0.3 is 6.03 Å². The first-order valence-electron chi connectivity index (χ1n) is 9.18. The van der Waals surface area contributed by atoms with Gasteiger partial charge in [-0.05, 0) is 42.7 Å². The number of hydrogen-bond acceptors (Lipinski definition) is 3. The third-order valence-electron chi connectivity index (χ3n) is 4.45. The highest BCUT2D eigenvalue weighted by Crippen LogP contribution is 2.26. The molecule has 2 amide bonds. The van der Waals surface area contributed by atoms with Gasteiger partial charge in [0.2, 0.25) is 0 Å². The number of benzene rings is 2. The van der Waals surface area contributed by atoms with E-state index in [1.165, 1.54) is 5.56 Å². The molecule has 0 radical (unpaired) electrons. The van der Waals surface area contributed by atoms with E-state index in [1.54, 1.807) is 6.20 Å². The molecule has 0 bridgehead atoms. The van der Waals surface area contributed by atoms with E-state index in [-0.39, 0.29) is 6.03 Å². The molecule has 0 unspecified atom stereocenters. The van der Waals surface area contributed by atoms with Crippen LogP contribution in [0, 0.1) is 0 Å². The minimum absolute atomic E-state index is 0.170. The van der Waals surface area contributed by atoms with Crippen LogP contribution in [0.4, 0.5) is 22.0 Å². The van der Waals surface area contributed by atoms with Crippen molar-refractivity contribution >= 4 is 23.2 Å². The van der Waals surface area contributed by atoms with Gasteiger partial charge in [-0.3, -0.25) is 0 Å². The summed E-state index contributed by atoms with van der Waals surface area (Å²) in [4.78, 5) is 18.6. The van der Waals surface area contributed by atoms with Gasteiger partial charge in [-0.1, -0.05) is 48.5 Å². The highest BCUT2D eigenvalue weighted by atomic mass is 16.2. The lowest BCUT2D eigenvalue weighted by atomic mass is 10.2. The molecule has 2 aromatic carbocycles. The Hall–Kier alpha value is -3.34. The lowest BCUT2D eigenvalue weighted by Gasteiger charge is -2.24. The van der Waals surface area contributed by atoms with Crippen LogP contribution in [0.3, 0.4) is 0 Å². The molecule has 4 rings (SSSR count). The Bertz CT molecular complexity index is 877. The van der Waals surface area contributed by atoms with E-state index in [1.807, 2.05) is 48.5 Å². The first-order valence-corrected chi connectivity index (χ1v) is 9.18. The average molecular weight is 358 g/mol. The minimum atomic E-state index is -0.170. The summed E-state index contributed by atoms with van der Waals surface area (Å²) >= 11 is 0. The topological polar surface area (TPSA) is 57.3 Å². The molecule has 0 spiro atoms. The third kappa shape index (κ3) is 4.64. The first kappa shape index (κ1) is 17.1. The molecule has 1 heterocycles. The number of amides is 2. The number of nitrogens with one attached hydrogen (secondary N) is 2. The monoisotopic (exact) mass is 358 g/mol. The van der Waals surface area contributed by atoms with E-state index < -0.39 is 0 Å². The molecule has 1 fully saturated rings. The van der Waals surface area contributed by atoms with E-state index in [0.29, 0.717) is 18.3 Å². The van der Waals surface area contributed by atoms with Crippen LogP contribution in [0.5, 0.6) is 0 Å². The van der Waals surface area contributed by atoms with Crippen molar-refractivity contribution in [2.45, 2.75) is 25.4 Å². The average Bonchev–Trinajstić information content (AvgIpc) is 3.52. The number of rotatable bonds is 6. The quantitative estimate of drug-likeness (QED) is 0.671. The number of para-hydroxylation sites is 1. The van der Waals surface area contributed by atoms with Crippen LogP contribution in [-0.4, -0.2) is 17.1 Å². The summed E-state index contributed by atoms with van der Waals surface area (Å²) < 4.78 is 0. The zero-order chi connectivity index (χ0) is 18.5. The fourth-order valence-electron chi connectivity index (χ4n) is 2.88. The highest BCUT2D eigenvalue weighted by Gasteiger charge is 2.23. The molecule has 5 heteroatoms. The molecular weight excluding hydrogens is 336 g/mol. The molecule has 3 aromatic rings. The van der Waals surface area contributed by atoms with Crippen LogP contribution in [0.2, 0.25) is 0 Å². The summed E-state index contributed by atoms with van der Waals surface area (Å²) in [6.45, 7) is 0.715. The predicted molar refractivity (Wildman–Crippen MR) is 108 cm³/mol. The molecule has 27 heavy (non-hydrogen) atoms. The zero-order valence-corrected chi connectivity index (χ0v) is 15.0. The second-order valence-corrected chi connectivity index (χ2v) is 6.69. The number of aromatic nitrogens is 1. The van der Waals surface area contributed by atoms with Gasteiger partial charge in [-0.2, -0.15) is 0 Å². The van der Waals surface area contributed by atoms with Crippen molar-refractivity contribution in [3.05, 3.63) is 84.6 Å². The van der Waals surface area contributed by atoms with E-state index in [4.69, 9.17) is 0 Å². The maximum Gasteiger partial charge on any atom is 0.319 e. The molecular formula is C22H22N4O. The summed E-state index contributed by atoms with van der Waals surface area (Å²) in [6.07, 6.45) is 3.83. The molecule has 1 aliphatic carbocycles. The van der Waals surface area contributed by atoms with Crippen molar-refractivity contribution in [3.63, 3.8) is 0 Å². The Balaban J connectivity index is 1.53. The SMILES string of the molecule is O=C(Nc1ccc(N(Cc2ccccc2)c2ccccc2)nc1)NC1CC1. The van der Waals surface area contributed by atoms with E-state index >= 15 is 0 Å². The maximum absolute atomic E-state index is 11.9. The molecule has 0 saturated heterocycles. The smallest absolute Gasteiger partial charge is 0.319 e. The van der Waals surface area contributed by atoms with Crippen molar-refractivity contribution in [1.29, 1.82) is 0 Å². The lowest BCUT2D eigenvalue weighted by Crippen LogP contribution is -2.30. The third-order valence-corrected chi connectivity index (χ3v) is 4.45. The van der Waals surface area contributed by atoms with Crippen LogP contribution in [-0.2, 0) is 6.54 Å². The van der Waals surface area contributed by atoms with Gasteiger partial charge in [0.1, 0.15) is 5.82 Å². The van der Waals surface area contributed by atoms with Gasteiger partial charge in [-0.25, -0.2) is 9.78 Å². The Labute approximate surface area is 159 Å². The second kappa shape index (κ2) is 7.91. The Kier molecular flexibility index (Phi) is 5.01. The number of carbonyl (C=O) groups is 1. The molecule has 5 nitrogen and oxygen atoms in total. The van der Waals surface area contributed by atoms with Crippen LogP contribution in [0.1, 0.15) is 18.4 Å². The first-order chi connectivity index (χ1) is 13.3. The zero-order valence-electron chi connectivity index (χ0n) is 15.0. The molecule has 1 saturated carbocycles. The summed E-state index contributed by atoms with van der Waals surface area (Å²) in [5, 5.41) is 5.75. The maximum atomic E-state index is 11.9. The number of anilines is 3. The van der Waals surface area contributed by atoms with Crippen molar-refractivity contribution in [2.75, 3.05) is 10.2 Å². The van der Waals surface area contributed by atoms with Crippen molar-refractivity contribution in [3.8, 4) is 0 Å². The lowest BCUT2D eigenvalue weighted by molar-refractivity contribution is 0.251. The number of urea groups is 1. The summed E-state index contributed by atoms with van der Waals surface area (Å²) in [6, 6.07) is 24.5. The summed E-state index contributed by atoms with van der Waals surface area (Å²) in [7, 11) is 0. The van der Waals surface area contributed by atoms with Crippen molar-refractivity contribution < 1.29 is 4.79 Å². The van der Waals surface area contributed by atoms with Crippen LogP contribution in [0.15, 0.2) is 79.0 Å². The Morgan fingerprint density at radius 3 is 2.30 bits per heavy atom. The summed E-state index contributed by atoms with van der Waals surface area (Å²) in [5.41, 5.74) is 2.96. The number of carbonyl (C=O) groups excluding carboxylic acids is 1. The number of nitrogens with zero attached hydrogens (tertiary/aromatic N) is 2. The summed E-state index contributed by atoms with van der Waals surface area (Å²) in [5.74, 6) is 0.832. The van der Waals surface area contributed by atoms with Crippen molar-refractivity contribution in [1.82, 2.24) is 10.3 Å². The van der Waals surface area contributed by atoms with E-state index in [2.05, 4.69) is 44.8 Å². The van der Waals surface area contributed by atoms with Crippen molar-refractivity contribution in [2.24, 2.45) is 0 Å². The molecule has 2 N–H and O–H groups in total. The predicted octanol–water partition coefficient (Wildman–Crippen LogP) is 4.70. The minimum Gasteiger partial charge on any atom is -0.335 e. The number of pyridine rings is 1. The number of hydrogen-bond donors (Lipinski definition) is 2. The molecule has 0 atom stereocenters. The van der Waals surface area contributed by atoms with Crippen LogP contribution >= 0.6 is 0 Å². The molecule has 1 aromatic heterocycles. The standard InChI is InChI=1S/C22H22N4O/c27-22(24-18-11-12-18)25-19-13-14-21(23-15-19)26(20-9-5-2-6-10-20)16-17-7-3-1-4-8-17/h1-10,13-15,18H,11-12,16H2,(H2,24,25,27).